The molecule has 0 aliphatic carbocycles. The van der Waals surface area contributed by atoms with E-state index in [2.05, 4.69) is 5.32 Å². The molecule has 2 atom stereocenters. The number of halogens is 5. The summed E-state index contributed by atoms with van der Waals surface area (Å²) in [4.78, 5) is 0. The number of rotatable bonds is 3. The van der Waals surface area contributed by atoms with E-state index in [9.17, 15) is 22.0 Å². The Labute approximate surface area is 120 Å². The van der Waals surface area contributed by atoms with Crippen LogP contribution in [0.1, 0.15) is 43.7 Å². The molecule has 0 aromatic heterocycles. The Morgan fingerprint density at radius 2 is 1.90 bits per heavy atom. The maximum Gasteiger partial charge on any atom is 0.419 e. The van der Waals surface area contributed by atoms with Crippen LogP contribution in [-0.4, -0.2) is 12.6 Å². The third-order valence-electron chi connectivity index (χ3n) is 3.92. The highest BCUT2D eigenvalue weighted by Crippen LogP contribution is 2.37. The van der Waals surface area contributed by atoms with Gasteiger partial charge in [-0.3, -0.25) is 0 Å². The van der Waals surface area contributed by atoms with E-state index in [1.807, 2.05) is 0 Å². The standard InChI is InChI=1S/C15H18F5N/c1-14(17,9-11-4-2-3-7-21-11)10-5-6-13(16)12(8-10)15(18,19)20/h5-6,8,11,21H,2-4,7,9H2,1H3. The Morgan fingerprint density at radius 1 is 1.19 bits per heavy atom. The summed E-state index contributed by atoms with van der Waals surface area (Å²) in [6.07, 6.45) is -1.94. The average molecular weight is 307 g/mol. The first kappa shape index (κ1) is 16.2. The van der Waals surface area contributed by atoms with Crippen LogP contribution in [0.5, 0.6) is 0 Å². The van der Waals surface area contributed by atoms with Crippen molar-refractivity contribution in [1.82, 2.24) is 5.32 Å². The molecule has 118 valence electrons. The van der Waals surface area contributed by atoms with Gasteiger partial charge in [-0.25, -0.2) is 8.78 Å². The van der Waals surface area contributed by atoms with Crippen molar-refractivity contribution < 1.29 is 22.0 Å². The van der Waals surface area contributed by atoms with Crippen LogP contribution in [0.4, 0.5) is 22.0 Å². The molecule has 1 heterocycles. The third-order valence-corrected chi connectivity index (χ3v) is 3.92. The molecule has 0 bridgehead atoms. The van der Waals surface area contributed by atoms with Crippen LogP contribution < -0.4 is 5.32 Å². The molecule has 1 aromatic rings. The van der Waals surface area contributed by atoms with E-state index in [1.54, 1.807) is 0 Å². The number of alkyl halides is 4. The first-order valence-corrected chi connectivity index (χ1v) is 7.00. The van der Waals surface area contributed by atoms with Gasteiger partial charge in [0.25, 0.3) is 0 Å². The molecule has 0 saturated carbocycles. The molecule has 1 aliphatic rings. The minimum Gasteiger partial charge on any atom is -0.314 e. The quantitative estimate of drug-likeness (QED) is 0.807. The SMILES string of the molecule is CC(F)(CC1CCCCN1)c1ccc(F)c(C(F)(F)F)c1. The van der Waals surface area contributed by atoms with E-state index in [1.165, 1.54) is 6.92 Å². The van der Waals surface area contributed by atoms with Gasteiger partial charge >= 0.3 is 6.18 Å². The highest BCUT2D eigenvalue weighted by Gasteiger charge is 2.37. The lowest BCUT2D eigenvalue weighted by Gasteiger charge is -2.30. The van der Waals surface area contributed by atoms with Crippen molar-refractivity contribution >= 4 is 0 Å². The molecule has 0 radical (unpaired) electrons. The van der Waals surface area contributed by atoms with Crippen LogP contribution in [0.2, 0.25) is 0 Å². The molecule has 1 aromatic carbocycles. The molecular weight excluding hydrogens is 289 g/mol. The van der Waals surface area contributed by atoms with E-state index in [0.717, 1.165) is 31.9 Å². The van der Waals surface area contributed by atoms with E-state index < -0.39 is 23.2 Å². The maximum absolute atomic E-state index is 14.8. The predicted molar refractivity (Wildman–Crippen MR) is 70.1 cm³/mol. The molecule has 0 amide bonds. The normalized spacial score (nSPS) is 22.9. The molecule has 6 heteroatoms. The Kier molecular flexibility index (Phi) is 4.56. The second-order valence-corrected chi connectivity index (χ2v) is 5.74. The molecule has 0 spiro atoms. The third kappa shape index (κ3) is 3.93. The summed E-state index contributed by atoms with van der Waals surface area (Å²) < 4.78 is 66.1. The van der Waals surface area contributed by atoms with Gasteiger partial charge in [0.2, 0.25) is 0 Å². The van der Waals surface area contributed by atoms with E-state index in [0.29, 0.717) is 12.1 Å². The maximum atomic E-state index is 14.8. The number of hydrogen-bond donors (Lipinski definition) is 1. The van der Waals surface area contributed by atoms with Crippen molar-refractivity contribution in [2.24, 2.45) is 0 Å². The minimum atomic E-state index is -4.82. The lowest BCUT2D eigenvalue weighted by Crippen LogP contribution is -2.38. The largest absolute Gasteiger partial charge is 0.419 e. The molecule has 1 fully saturated rings. The van der Waals surface area contributed by atoms with Crippen LogP contribution in [0.25, 0.3) is 0 Å². The molecule has 2 unspecified atom stereocenters. The van der Waals surface area contributed by atoms with Gasteiger partial charge < -0.3 is 5.32 Å². The zero-order valence-corrected chi connectivity index (χ0v) is 11.7. The summed E-state index contributed by atoms with van der Waals surface area (Å²) in [5.41, 5.74) is -3.48. The van der Waals surface area contributed by atoms with E-state index >= 15 is 0 Å². The van der Waals surface area contributed by atoms with Gasteiger partial charge in [-0.15, -0.1) is 0 Å². The highest BCUT2D eigenvalue weighted by atomic mass is 19.4. The van der Waals surface area contributed by atoms with Crippen molar-refractivity contribution in [3.05, 3.63) is 35.1 Å². The average Bonchev–Trinajstić information content (AvgIpc) is 2.38. The van der Waals surface area contributed by atoms with E-state index in [-0.39, 0.29) is 18.0 Å². The zero-order valence-electron chi connectivity index (χ0n) is 11.7. The fourth-order valence-corrected chi connectivity index (χ4v) is 2.75. The predicted octanol–water partition coefficient (Wildman–Crippen LogP) is 4.56. The van der Waals surface area contributed by atoms with Crippen LogP contribution in [0, 0.1) is 5.82 Å². The second-order valence-electron chi connectivity index (χ2n) is 5.74. The summed E-state index contributed by atoms with van der Waals surface area (Å²) in [6.45, 7) is 2.04. The first-order valence-electron chi connectivity index (χ1n) is 7.00. The van der Waals surface area contributed by atoms with Crippen molar-refractivity contribution in [3.63, 3.8) is 0 Å². The summed E-state index contributed by atoms with van der Waals surface area (Å²) in [6, 6.07) is 2.30. The molecule has 2 rings (SSSR count). The molecule has 1 aliphatic heterocycles. The number of piperidine rings is 1. The molecule has 1 N–H and O–H groups in total. The lowest BCUT2D eigenvalue weighted by atomic mass is 9.87. The zero-order chi connectivity index (χ0) is 15.7. The molecular formula is C15H18F5N. The summed E-state index contributed by atoms with van der Waals surface area (Å²) in [5, 5.41) is 3.16. The van der Waals surface area contributed by atoms with Crippen molar-refractivity contribution in [2.75, 3.05) is 6.54 Å². The topological polar surface area (TPSA) is 12.0 Å². The smallest absolute Gasteiger partial charge is 0.314 e. The van der Waals surface area contributed by atoms with Gasteiger partial charge in [0.15, 0.2) is 0 Å². The summed E-state index contributed by atoms with van der Waals surface area (Å²) in [7, 11) is 0. The first-order chi connectivity index (χ1) is 9.70. The monoisotopic (exact) mass is 307 g/mol. The van der Waals surface area contributed by atoms with Crippen LogP contribution in [-0.2, 0) is 11.8 Å². The lowest BCUT2D eigenvalue weighted by molar-refractivity contribution is -0.140. The molecule has 21 heavy (non-hydrogen) atoms. The Morgan fingerprint density at radius 3 is 2.48 bits per heavy atom. The van der Waals surface area contributed by atoms with Crippen molar-refractivity contribution in [2.45, 2.75) is 50.5 Å². The number of nitrogens with one attached hydrogen (secondary N) is 1. The molecule has 1 saturated heterocycles. The molecule has 1 nitrogen and oxygen atoms in total. The van der Waals surface area contributed by atoms with Gasteiger partial charge in [0, 0.05) is 12.5 Å². The Balaban J connectivity index is 2.23. The summed E-state index contributed by atoms with van der Waals surface area (Å²) in [5.74, 6) is -1.38. The number of benzene rings is 1. The van der Waals surface area contributed by atoms with Crippen LogP contribution in [0.15, 0.2) is 18.2 Å². The Bertz CT molecular complexity index is 489. The van der Waals surface area contributed by atoms with Crippen LogP contribution in [0.3, 0.4) is 0 Å². The fraction of sp³-hybridized carbons (Fsp3) is 0.600. The van der Waals surface area contributed by atoms with Gasteiger partial charge in [-0.2, -0.15) is 13.2 Å². The van der Waals surface area contributed by atoms with Crippen molar-refractivity contribution in [1.29, 1.82) is 0 Å². The minimum absolute atomic E-state index is 0.0619. The van der Waals surface area contributed by atoms with Crippen molar-refractivity contribution in [3.8, 4) is 0 Å². The summed E-state index contributed by atoms with van der Waals surface area (Å²) >= 11 is 0. The van der Waals surface area contributed by atoms with Gasteiger partial charge in [-0.05, 0) is 44.0 Å². The highest BCUT2D eigenvalue weighted by molar-refractivity contribution is 5.31. The van der Waals surface area contributed by atoms with Gasteiger partial charge in [0.1, 0.15) is 11.5 Å². The van der Waals surface area contributed by atoms with Crippen LogP contribution >= 0.6 is 0 Å². The van der Waals surface area contributed by atoms with E-state index in [4.69, 9.17) is 0 Å². The fourth-order valence-electron chi connectivity index (χ4n) is 2.75. The Hall–Kier alpha value is -1.17. The second kappa shape index (κ2) is 5.91. The number of hydrogen-bond acceptors (Lipinski definition) is 1. The van der Waals surface area contributed by atoms with Gasteiger partial charge in [0.05, 0.1) is 5.56 Å². The van der Waals surface area contributed by atoms with Gasteiger partial charge in [-0.1, -0.05) is 12.5 Å².